The predicted molar refractivity (Wildman–Crippen MR) is 119 cm³/mol. The summed E-state index contributed by atoms with van der Waals surface area (Å²) in [5.41, 5.74) is 1.16. The second kappa shape index (κ2) is 10.5. The van der Waals surface area contributed by atoms with Crippen LogP contribution in [0, 0.1) is 0 Å². The first-order valence-corrected chi connectivity index (χ1v) is 10.4. The summed E-state index contributed by atoms with van der Waals surface area (Å²) in [6, 6.07) is 25.6. The van der Waals surface area contributed by atoms with Gasteiger partial charge in [-0.25, -0.2) is 0 Å². The molecule has 3 aromatic carbocycles. The highest BCUT2D eigenvalue weighted by molar-refractivity contribution is 8.00. The third-order valence-electron chi connectivity index (χ3n) is 4.30. The number of benzene rings is 3. The summed E-state index contributed by atoms with van der Waals surface area (Å²) in [4.78, 5) is 26.7. The molecule has 30 heavy (non-hydrogen) atoms. The number of amides is 1. The number of anilines is 1. The second-order valence-corrected chi connectivity index (χ2v) is 7.94. The molecule has 3 rings (SSSR count). The highest BCUT2D eigenvalue weighted by atomic mass is 32.2. The molecule has 0 aliphatic rings. The van der Waals surface area contributed by atoms with Crippen molar-refractivity contribution in [1.82, 2.24) is 0 Å². The predicted octanol–water partition coefficient (Wildman–Crippen LogP) is 5.10. The molecule has 2 atom stereocenters. The van der Waals surface area contributed by atoms with Gasteiger partial charge < -0.3 is 14.8 Å². The van der Waals surface area contributed by atoms with Crippen LogP contribution in [-0.2, 0) is 14.3 Å². The van der Waals surface area contributed by atoms with Crippen LogP contribution < -0.4 is 10.1 Å². The molecule has 154 valence electrons. The summed E-state index contributed by atoms with van der Waals surface area (Å²) in [6.45, 7) is 1.77. The summed E-state index contributed by atoms with van der Waals surface area (Å²) >= 11 is 1.39. The summed E-state index contributed by atoms with van der Waals surface area (Å²) in [6.07, 6.45) is -1.07. The number of hydrogen-bond acceptors (Lipinski definition) is 5. The number of hydrogen-bond donors (Lipinski definition) is 1. The molecule has 0 heterocycles. The fraction of sp³-hybridized carbons (Fsp3) is 0.167. The van der Waals surface area contributed by atoms with Gasteiger partial charge in [0.05, 0.1) is 7.11 Å². The number of thioether (sulfide) groups is 1. The van der Waals surface area contributed by atoms with Crippen molar-refractivity contribution in [2.75, 3.05) is 12.4 Å². The fourth-order valence-corrected chi connectivity index (χ4v) is 3.65. The Bertz CT molecular complexity index is 979. The average molecular weight is 422 g/mol. The van der Waals surface area contributed by atoms with Crippen LogP contribution in [0.2, 0.25) is 0 Å². The maximum absolute atomic E-state index is 13.0. The normalized spacial score (nSPS) is 12.5. The lowest BCUT2D eigenvalue weighted by atomic mass is 10.1. The lowest BCUT2D eigenvalue weighted by molar-refractivity contribution is -0.153. The van der Waals surface area contributed by atoms with Crippen molar-refractivity contribution in [3.8, 4) is 5.75 Å². The van der Waals surface area contributed by atoms with Crippen LogP contribution in [0.3, 0.4) is 0 Å². The summed E-state index contributed by atoms with van der Waals surface area (Å²) in [5.74, 6) is -0.271. The van der Waals surface area contributed by atoms with Gasteiger partial charge in [0.1, 0.15) is 11.0 Å². The maximum atomic E-state index is 13.0. The molecule has 6 heteroatoms. The van der Waals surface area contributed by atoms with Crippen molar-refractivity contribution in [3.63, 3.8) is 0 Å². The minimum Gasteiger partial charge on any atom is -0.497 e. The van der Waals surface area contributed by atoms with Crippen LogP contribution in [0.4, 0.5) is 5.69 Å². The van der Waals surface area contributed by atoms with Crippen molar-refractivity contribution in [2.24, 2.45) is 0 Å². The van der Waals surface area contributed by atoms with E-state index >= 15 is 0 Å². The molecule has 0 bridgehead atoms. The molecule has 0 aliphatic carbocycles. The number of esters is 1. The van der Waals surface area contributed by atoms with E-state index in [1.54, 1.807) is 62.6 Å². The number of ether oxygens (including phenoxy) is 2. The Hall–Kier alpha value is -3.25. The van der Waals surface area contributed by atoms with E-state index in [-0.39, 0.29) is 0 Å². The Morgan fingerprint density at radius 1 is 0.900 bits per heavy atom. The molecule has 1 amide bonds. The van der Waals surface area contributed by atoms with Gasteiger partial charge >= 0.3 is 5.97 Å². The van der Waals surface area contributed by atoms with Crippen LogP contribution in [0.5, 0.6) is 5.75 Å². The molecule has 0 radical (unpaired) electrons. The van der Waals surface area contributed by atoms with Crippen LogP contribution >= 0.6 is 11.8 Å². The molecule has 5 nitrogen and oxygen atoms in total. The Balaban J connectivity index is 1.75. The van der Waals surface area contributed by atoms with Crippen LogP contribution in [0.1, 0.15) is 18.6 Å². The minimum atomic E-state index is -1.07. The van der Waals surface area contributed by atoms with Crippen LogP contribution in [-0.4, -0.2) is 24.2 Å². The Morgan fingerprint density at radius 3 is 2.23 bits per heavy atom. The number of nitrogens with one attached hydrogen (secondary N) is 1. The van der Waals surface area contributed by atoms with E-state index in [2.05, 4.69) is 5.32 Å². The molecular weight excluding hydrogens is 398 g/mol. The zero-order chi connectivity index (χ0) is 21.3. The van der Waals surface area contributed by atoms with E-state index in [0.717, 1.165) is 4.90 Å². The lowest BCUT2D eigenvalue weighted by Gasteiger charge is -2.20. The van der Waals surface area contributed by atoms with Crippen molar-refractivity contribution >= 4 is 29.3 Å². The number of carbonyl (C=O) groups is 2. The topological polar surface area (TPSA) is 64.6 Å². The first-order valence-electron chi connectivity index (χ1n) is 9.49. The molecular formula is C24H23NO4S. The minimum absolute atomic E-state index is 0.431. The number of carbonyl (C=O) groups excluding carboxylic acids is 2. The molecule has 3 aromatic rings. The molecule has 0 fully saturated rings. The molecule has 0 saturated heterocycles. The number of methoxy groups -OCH3 is 1. The van der Waals surface area contributed by atoms with Crippen molar-refractivity contribution in [1.29, 1.82) is 0 Å². The van der Waals surface area contributed by atoms with E-state index in [4.69, 9.17) is 9.47 Å². The van der Waals surface area contributed by atoms with E-state index < -0.39 is 23.2 Å². The van der Waals surface area contributed by atoms with Gasteiger partial charge in [0.25, 0.3) is 5.91 Å². The first-order chi connectivity index (χ1) is 14.6. The maximum Gasteiger partial charge on any atom is 0.320 e. The SMILES string of the molecule is COc1cccc(NC(=O)C(OC(=O)C(C)Sc2ccccc2)c2ccccc2)c1. The molecule has 0 spiro atoms. The smallest absolute Gasteiger partial charge is 0.320 e. The van der Waals surface area contributed by atoms with Gasteiger partial charge in [-0.15, -0.1) is 11.8 Å². The van der Waals surface area contributed by atoms with Gasteiger partial charge in [0.2, 0.25) is 6.10 Å². The van der Waals surface area contributed by atoms with Gasteiger partial charge in [0.15, 0.2) is 0 Å². The highest BCUT2D eigenvalue weighted by Gasteiger charge is 2.28. The molecule has 0 aliphatic heterocycles. The van der Waals surface area contributed by atoms with E-state index in [0.29, 0.717) is 17.0 Å². The van der Waals surface area contributed by atoms with E-state index in [1.165, 1.54) is 11.8 Å². The largest absolute Gasteiger partial charge is 0.497 e. The van der Waals surface area contributed by atoms with E-state index in [9.17, 15) is 9.59 Å². The molecule has 1 N–H and O–H groups in total. The summed E-state index contributed by atoms with van der Waals surface area (Å²) in [5, 5.41) is 2.34. The van der Waals surface area contributed by atoms with Crippen molar-refractivity contribution in [2.45, 2.75) is 23.2 Å². The van der Waals surface area contributed by atoms with Gasteiger partial charge in [-0.1, -0.05) is 54.6 Å². The Labute approximate surface area is 180 Å². The third kappa shape index (κ3) is 5.87. The van der Waals surface area contributed by atoms with Crippen LogP contribution in [0.25, 0.3) is 0 Å². The Morgan fingerprint density at radius 2 is 1.57 bits per heavy atom. The van der Waals surface area contributed by atoms with Gasteiger partial charge in [-0.3, -0.25) is 9.59 Å². The lowest BCUT2D eigenvalue weighted by Crippen LogP contribution is -2.28. The van der Waals surface area contributed by atoms with Gasteiger partial charge in [-0.2, -0.15) is 0 Å². The quantitative estimate of drug-likeness (QED) is 0.405. The molecule has 0 aromatic heterocycles. The Kier molecular flexibility index (Phi) is 7.51. The molecule has 0 saturated carbocycles. The fourth-order valence-electron chi connectivity index (χ4n) is 2.77. The molecule has 2 unspecified atom stereocenters. The third-order valence-corrected chi connectivity index (χ3v) is 5.39. The average Bonchev–Trinajstić information content (AvgIpc) is 2.78. The summed E-state index contributed by atoms with van der Waals surface area (Å²) in [7, 11) is 1.56. The standard InChI is InChI=1S/C24H23NO4S/c1-17(30-21-14-7-4-8-15-21)24(27)29-22(18-10-5-3-6-11-18)23(26)25-19-12-9-13-20(16-19)28-2/h3-17,22H,1-2H3,(H,25,26). The van der Waals surface area contributed by atoms with E-state index in [1.807, 2.05) is 36.4 Å². The van der Waals surface area contributed by atoms with Gasteiger partial charge in [0, 0.05) is 22.2 Å². The zero-order valence-electron chi connectivity index (χ0n) is 16.8. The van der Waals surface area contributed by atoms with Gasteiger partial charge in [-0.05, 0) is 31.2 Å². The number of rotatable bonds is 8. The highest BCUT2D eigenvalue weighted by Crippen LogP contribution is 2.27. The summed E-state index contributed by atoms with van der Waals surface area (Å²) < 4.78 is 10.9. The first kappa shape index (κ1) is 21.5. The van der Waals surface area contributed by atoms with Crippen molar-refractivity contribution < 1.29 is 19.1 Å². The zero-order valence-corrected chi connectivity index (χ0v) is 17.6. The second-order valence-electron chi connectivity index (χ2n) is 6.52. The monoisotopic (exact) mass is 421 g/mol. The van der Waals surface area contributed by atoms with Crippen LogP contribution in [0.15, 0.2) is 89.8 Å². The van der Waals surface area contributed by atoms with Crippen molar-refractivity contribution in [3.05, 3.63) is 90.5 Å².